The van der Waals surface area contributed by atoms with Crippen molar-refractivity contribution in [2.75, 3.05) is 19.6 Å². The smallest absolute Gasteiger partial charge is 0.290 e. The number of nitrogens with zero attached hydrogens (tertiary/aromatic N) is 1. The molecule has 2 aliphatic rings. The Morgan fingerprint density at radius 2 is 1.79 bits per heavy atom. The third-order valence-electron chi connectivity index (χ3n) is 5.81. The maximum atomic E-state index is 13.3. The predicted octanol–water partition coefficient (Wildman–Crippen LogP) is 3.25. The van der Waals surface area contributed by atoms with Gasteiger partial charge in [0.05, 0.1) is 11.4 Å². The molecule has 6 heteroatoms. The van der Waals surface area contributed by atoms with Gasteiger partial charge in [0, 0.05) is 31.6 Å². The van der Waals surface area contributed by atoms with Crippen molar-refractivity contribution in [2.24, 2.45) is 11.8 Å². The van der Waals surface area contributed by atoms with Gasteiger partial charge < -0.3 is 14.6 Å². The van der Waals surface area contributed by atoms with Crippen molar-refractivity contribution in [3.63, 3.8) is 0 Å². The van der Waals surface area contributed by atoms with Crippen LogP contribution in [0.4, 0.5) is 0 Å². The van der Waals surface area contributed by atoms with Crippen LogP contribution in [0.3, 0.4) is 0 Å². The molecule has 0 radical (unpaired) electrons. The highest BCUT2D eigenvalue weighted by atomic mass is 35.5. The van der Waals surface area contributed by atoms with Gasteiger partial charge in [0.25, 0.3) is 5.91 Å². The Kier molecular flexibility index (Phi) is 4.96. The monoisotopic (exact) mass is 396 g/mol. The van der Waals surface area contributed by atoms with Crippen molar-refractivity contribution in [2.45, 2.75) is 6.04 Å². The molecule has 3 heterocycles. The summed E-state index contributed by atoms with van der Waals surface area (Å²) in [5.41, 5.74) is 1.40. The second-order valence-corrected chi connectivity index (χ2v) is 7.37. The zero-order valence-electron chi connectivity index (χ0n) is 15.2. The van der Waals surface area contributed by atoms with Crippen molar-refractivity contribution in [3.05, 3.63) is 82.2 Å². The molecule has 5 nitrogen and oxygen atoms in total. The van der Waals surface area contributed by atoms with Gasteiger partial charge in [-0.1, -0.05) is 42.5 Å². The lowest BCUT2D eigenvalue weighted by Crippen LogP contribution is -2.35. The fourth-order valence-electron chi connectivity index (χ4n) is 4.56. The summed E-state index contributed by atoms with van der Waals surface area (Å²) in [6.07, 6.45) is 0. The Morgan fingerprint density at radius 3 is 2.61 bits per heavy atom. The van der Waals surface area contributed by atoms with Gasteiger partial charge in [0.2, 0.25) is 0 Å². The molecule has 3 aromatic rings. The second kappa shape index (κ2) is 7.41. The van der Waals surface area contributed by atoms with Gasteiger partial charge in [-0.25, -0.2) is 0 Å². The highest BCUT2D eigenvalue weighted by Crippen LogP contribution is 2.43. The van der Waals surface area contributed by atoms with Crippen LogP contribution >= 0.6 is 12.4 Å². The van der Waals surface area contributed by atoms with Crippen molar-refractivity contribution in [1.29, 1.82) is 0 Å². The molecule has 2 saturated heterocycles. The van der Waals surface area contributed by atoms with Gasteiger partial charge in [0.1, 0.15) is 5.58 Å². The largest absolute Gasteiger partial charge is 0.451 e. The van der Waals surface area contributed by atoms with Crippen LogP contribution in [-0.4, -0.2) is 30.4 Å². The van der Waals surface area contributed by atoms with E-state index in [1.165, 1.54) is 6.07 Å². The maximum absolute atomic E-state index is 13.3. The summed E-state index contributed by atoms with van der Waals surface area (Å²) in [5, 5.41) is 3.94. The average molecular weight is 397 g/mol. The molecule has 0 saturated carbocycles. The van der Waals surface area contributed by atoms with Crippen LogP contribution in [0.5, 0.6) is 0 Å². The van der Waals surface area contributed by atoms with Gasteiger partial charge >= 0.3 is 0 Å². The number of para-hydroxylation sites is 1. The van der Waals surface area contributed by atoms with E-state index in [1.54, 1.807) is 24.3 Å². The number of likely N-dealkylation sites (tertiary alicyclic amines) is 1. The van der Waals surface area contributed by atoms with Gasteiger partial charge in [-0.05, 0) is 23.6 Å². The summed E-state index contributed by atoms with van der Waals surface area (Å²) in [6.45, 7) is 2.49. The Balaban J connectivity index is 0.00000192. The molecule has 144 valence electrons. The van der Waals surface area contributed by atoms with E-state index >= 15 is 0 Å². The maximum Gasteiger partial charge on any atom is 0.290 e. The molecule has 2 aromatic carbocycles. The quantitative estimate of drug-likeness (QED) is 0.722. The zero-order chi connectivity index (χ0) is 18.4. The SMILES string of the molecule is Cl.O=C(c1cc(=O)c2ccccc2o1)N1C[C@@H]2CNC[C@@H]2[C@@H]1c1ccccc1. The number of hydrogen-bond donors (Lipinski definition) is 1. The van der Waals surface area contributed by atoms with Gasteiger partial charge in [0.15, 0.2) is 11.2 Å². The Labute approximate surface area is 168 Å². The third-order valence-corrected chi connectivity index (χ3v) is 5.81. The first-order chi connectivity index (χ1) is 13.2. The minimum atomic E-state index is -0.207. The number of fused-ring (bicyclic) bond motifs is 2. The van der Waals surface area contributed by atoms with E-state index < -0.39 is 0 Å². The summed E-state index contributed by atoms with van der Waals surface area (Å²) in [5.74, 6) is 0.712. The van der Waals surface area contributed by atoms with E-state index in [0.717, 1.165) is 18.7 Å². The van der Waals surface area contributed by atoms with E-state index in [9.17, 15) is 9.59 Å². The molecule has 1 amide bonds. The molecule has 0 aliphatic carbocycles. The van der Waals surface area contributed by atoms with Crippen LogP contribution in [0.25, 0.3) is 11.0 Å². The molecule has 5 rings (SSSR count). The molecule has 2 fully saturated rings. The van der Waals surface area contributed by atoms with E-state index in [-0.39, 0.29) is 35.5 Å². The van der Waals surface area contributed by atoms with Crippen LogP contribution in [-0.2, 0) is 0 Å². The molecule has 0 spiro atoms. The van der Waals surface area contributed by atoms with Gasteiger partial charge in [-0.15, -0.1) is 12.4 Å². The molecule has 0 bridgehead atoms. The van der Waals surface area contributed by atoms with Crippen LogP contribution in [0, 0.1) is 11.8 Å². The number of rotatable bonds is 2. The van der Waals surface area contributed by atoms with E-state index in [0.29, 0.717) is 29.3 Å². The summed E-state index contributed by atoms with van der Waals surface area (Å²) >= 11 is 0. The standard InChI is InChI=1S/C22H20N2O3.ClH/c25-18-10-20(27-19-9-5-4-8-16(18)19)22(26)24-13-15-11-23-12-17(15)21(24)14-6-2-1-3-7-14;/h1-10,15,17,21,23H,11-13H2;1H/t15-,17-,21-;/m0./s1. The average Bonchev–Trinajstić information content (AvgIpc) is 3.29. The normalized spacial score (nSPS) is 23.4. The van der Waals surface area contributed by atoms with Gasteiger partial charge in [-0.2, -0.15) is 0 Å². The minimum Gasteiger partial charge on any atom is -0.451 e. The molecule has 2 aliphatic heterocycles. The number of halogens is 1. The number of hydrogen-bond acceptors (Lipinski definition) is 4. The first-order valence-electron chi connectivity index (χ1n) is 9.32. The summed E-state index contributed by atoms with van der Waals surface area (Å²) < 4.78 is 5.82. The van der Waals surface area contributed by atoms with Crippen LogP contribution in [0.2, 0.25) is 0 Å². The predicted molar refractivity (Wildman–Crippen MR) is 110 cm³/mol. The summed E-state index contributed by atoms with van der Waals surface area (Å²) in [7, 11) is 0. The molecule has 1 N–H and O–H groups in total. The van der Waals surface area contributed by atoms with E-state index in [4.69, 9.17) is 4.42 Å². The van der Waals surface area contributed by atoms with Crippen molar-refractivity contribution in [1.82, 2.24) is 10.2 Å². The molecular weight excluding hydrogens is 376 g/mol. The Morgan fingerprint density at radius 1 is 1.04 bits per heavy atom. The number of benzene rings is 2. The van der Waals surface area contributed by atoms with Crippen LogP contribution in [0.15, 0.2) is 69.9 Å². The van der Waals surface area contributed by atoms with Crippen molar-refractivity contribution in [3.8, 4) is 0 Å². The first-order valence-corrected chi connectivity index (χ1v) is 9.32. The lowest BCUT2D eigenvalue weighted by molar-refractivity contribution is 0.0682. The topological polar surface area (TPSA) is 62.6 Å². The highest BCUT2D eigenvalue weighted by molar-refractivity contribution is 5.93. The molecule has 0 unspecified atom stereocenters. The number of carbonyl (C=O) groups is 1. The fraction of sp³-hybridized carbons (Fsp3) is 0.273. The summed E-state index contributed by atoms with van der Waals surface area (Å²) in [6, 6.07) is 18.5. The lowest BCUT2D eigenvalue weighted by atomic mass is 9.89. The molecule has 28 heavy (non-hydrogen) atoms. The summed E-state index contributed by atoms with van der Waals surface area (Å²) in [4.78, 5) is 27.6. The van der Waals surface area contributed by atoms with Crippen LogP contribution in [0.1, 0.15) is 22.2 Å². The Bertz CT molecular complexity index is 1070. The van der Waals surface area contributed by atoms with Crippen molar-refractivity contribution < 1.29 is 9.21 Å². The lowest BCUT2D eigenvalue weighted by Gasteiger charge is -2.28. The number of carbonyl (C=O) groups excluding carboxylic acids is 1. The van der Waals surface area contributed by atoms with Crippen molar-refractivity contribution >= 4 is 29.3 Å². The van der Waals surface area contributed by atoms with E-state index in [1.807, 2.05) is 23.1 Å². The molecule has 3 atom stereocenters. The minimum absolute atomic E-state index is 0. The number of amides is 1. The van der Waals surface area contributed by atoms with Crippen LogP contribution < -0.4 is 10.7 Å². The second-order valence-electron chi connectivity index (χ2n) is 7.37. The molecular formula is C22H21ClN2O3. The fourth-order valence-corrected chi connectivity index (χ4v) is 4.56. The third kappa shape index (κ3) is 3.01. The van der Waals surface area contributed by atoms with Gasteiger partial charge in [-0.3, -0.25) is 9.59 Å². The van der Waals surface area contributed by atoms with E-state index in [2.05, 4.69) is 17.4 Å². The zero-order valence-corrected chi connectivity index (χ0v) is 16.0. The Hall–Kier alpha value is -2.63. The molecule has 1 aromatic heterocycles. The highest BCUT2D eigenvalue weighted by Gasteiger charge is 2.47. The first kappa shape index (κ1) is 18.7. The number of nitrogens with one attached hydrogen (secondary N) is 1.